The minimum Gasteiger partial charge on any atom is -0.497 e. The number of hydrogen-bond donors (Lipinski definition) is 2. The van der Waals surface area contributed by atoms with E-state index >= 15 is 0 Å². The molecule has 0 spiro atoms. The first kappa shape index (κ1) is 19.0. The van der Waals surface area contributed by atoms with Gasteiger partial charge in [0.25, 0.3) is 0 Å². The number of piperazine rings is 1. The first-order valence-corrected chi connectivity index (χ1v) is 9.57. The van der Waals surface area contributed by atoms with Crippen LogP contribution in [-0.2, 0) is 4.79 Å². The zero-order chi connectivity index (χ0) is 19.2. The third-order valence-electron chi connectivity index (χ3n) is 4.31. The van der Waals surface area contributed by atoms with Gasteiger partial charge in [0.15, 0.2) is 5.16 Å². The highest BCUT2D eigenvalue weighted by Gasteiger charge is 2.34. The van der Waals surface area contributed by atoms with Gasteiger partial charge in [-0.2, -0.15) is 5.10 Å². The molecule has 0 radical (unpaired) electrons. The Bertz CT molecular complexity index is 767. The second-order valence-electron chi connectivity index (χ2n) is 5.93. The lowest BCUT2D eigenvalue weighted by molar-refractivity contribution is -0.124. The number of H-pyrrole nitrogens is 1. The summed E-state index contributed by atoms with van der Waals surface area (Å²) in [6, 6.07) is 6.57. The van der Waals surface area contributed by atoms with E-state index in [0.717, 1.165) is 11.4 Å². The minimum atomic E-state index is -0.525. The molecular formula is C17H22N6O3S. The van der Waals surface area contributed by atoms with Crippen LogP contribution in [0.4, 0.5) is 10.5 Å². The van der Waals surface area contributed by atoms with E-state index in [-0.39, 0.29) is 11.9 Å². The fourth-order valence-corrected chi connectivity index (χ4v) is 3.47. The van der Waals surface area contributed by atoms with Crippen molar-refractivity contribution in [1.29, 1.82) is 0 Å². The molecule has 0 aliphatic carbocycles. The van der Waals surface area contributed by atoms with Crippen LogP contribution in [0.2, 0.25) is 0 Å². The Kier molecular flexibility index (Phi) is 6.17. The van der Waals surface area contributed by atoms with Gasteiger partial charge in [0.2, 0.25) is 5.91 Å². The maximum Gasteiger partial charge on any atom is 0.318 e. The SMILES string of the molecule is COc1ccc(N2CCN(C(=O)NCCSc3ncn[nH]3)[C@H](C)C2=O)cc1. The van der Waals surface area contributed by atoms with Gasteiger partial charge in [-0.1, -0.05) is 11.8 Å². The van der Waals surface area contributed by atoms with Crippen molar-refractivity contribution < 1.29 is 14.3 Å². The third-order valence-corrected chi connectivity index (χ3v) is 5.19. The molecule has 3 amide bonds. The monoisotopic (exact) mass is 390 g/mol. The molecule has 2 aromatic rings. The molecule has 2 N–H and O–H groups in total. The average molecular weight is 390 g/mol. The normalized spacial score (nSPS) is 17.1. The van der Waals surface area contributed by atoms with Gasteiger partial charge in [-0.25, -0.2) is 9.78 Å². The van der Waals surface area contributed by atoms with Crippen molar-refractivity contribution >= 4 is 29.4 Å². The lowest BCUT2D eigenvalue weighted by atomic mass is 10.1. The number of thioether (sulfide) groups is 1. The lowest BCUT2D eigenvalue weighted by Crippen LogP contribution is -2.59. The molecule has 0 unspecified atom stereocenters. The predicted octanol–water partition coefficient (Wildman–Crippen LogP) is 1.35. The van der Waals surface area contributed by atoms with Crippen LogP contribution in [0, 0.1) is 0 Å². The lowest BCUT2D eigenvalue weighted by Gasteiger charge is -2.39. The molecule has 1 aliphatic heterocycles. The summed E-state index contributed by atoms with van der Waals surface area (Å²) in [6.45, 7) is 3.15. The number of nitrogens with one attached hydrogen (secondary N) is 2. The van der Waals surface area contributed by atoms with E-state index < -0.39 is 6.04 Å². The predicted molar refractivity (Wildman–Crippen MR) is 102 cm³/mol. The van der Waals surface area contributed by atoms with E-state index in [9.17, 15) is 9.59 Å². The number of urea groups is 1. The molecule has 0 saturated carbocycles. The second-order valence-corrected chi connectivity index (χ2v) is 7.01. The van der Waals surface area contributed by atoms with Crippen LogP contribution in [0.3, 0.4) is 0 Å². The molecule has 3 rings (SSSR count). The number of benzene rings is 1. The van der Waals surface area contributed by atoms with Crippen LogP contribution >= 0.6 is 11.8 Å². The van der Waals surface area contributed by atoms with Gasteiger partial charge in [0.05, 0.1) is 7.11 Å². The van der Waals surface area contributed by atoms with Gasteiger partial charge in [0.1, 0.15) is 18.1 Å². The maximum absolute atomic E-state index is 12.7. The van der Waals surface area contributed by atoms with Gasteiger partial charge in [-0.3, -0.25) is 9.89 Å². The van der Waals surface area contributed by atoms with Gasteiger partial charge in [-0.15, -0.1) is 0 Å². The van der Waals surface area contributed by atoms with Gasteiger partial charge >= 0.3 is 6.03 Å². The molecule has 9 nitrogen and oxygen atoms in total. The summed E-state index contributed by atoms with van der Waals surface area (Å²) in [4.78, 5) is 32.4. The van der Waals surface area contributed by atoms with Gasteiger partial charge in [-0.05, 0) is 31.2 Å². The van der Waals surface area contributed by atoms with E-state index in [1.54, 1.807) is 23.8 Å². The highest BCUT2D eigenvalue weighted by molar-refractivity contribution is 7.99. The molecule has 10 heteroatoms. The first-order valence-electron chi connectivity index (χ1n) is 8.58. The topological polar surface area (TPSA) is 103 Å². The molecule has 1 saturated heterocycles. The summed E-state index contributed by atoms with van der Waals surface area (Å²) in [5.74, 6) is 1.30. The maximum atomic E-state index is 12.7. The Morgan fingerprint density at radius 3 is 2.81 bits per heavy atom. The zero-order valence-electron chi connectivity index (χ0n) is 15.2. The van der Waals surface area contributed by atoms with Crippen LogP contribution in [0.1, 0.15) is 6.92 Å². The number of nitrogens with zero attached hydrogens (tertiary/aromatic N) is 4. The molecule has 1 atom stereocenters. The number of methoxy groups -OCH3 is 1. The number of amides is 3. The molecule has 2 heterocycles. The summed E-state index contributed by atoms with van der Waals surface area (Å²) in [5, 5.41) is 10.1. The number of carbonyl (C=O) groups excluding carboxylic acids is 2. The Morgan fingerprint density at radius 1 is 1.37 bits per heavy atom. The zero-order valence-corrected chi connectivity index (χ0v) is 16.0. The molecule has 0 bridgehead atoms. The molecule has 144 valence electrons. The van der Waals surface area contributed by atoms with Crippen molar-refractivity contribution in [3.63, 3.8) is 0 Å². The quantitative estimate of drug-likeness (QED) is 0.570. The Labute approximate surface area is 161 Å². The van der Waals surface area contributed by atoms with Crippen LogP contribution in [0.25, 0.3) is 0 Å². The summed E-state index contributed by atoms with van der Waals surface area (Å²) >= 11 is 1.47. The number of aromatic nitrogens is 3. The standard InChI is InChI=1S/C17H22N6O3S/c1-12-15(24)23(13-3-5-14(26-2)6-4-13)9-8-22(12)17(25)18-7-10-27-16-19-11-20-21-16/h3-6,11-12H,7-10H2,1-2H3,(H,18,25)(H,19,20,21)/t12-/m1/s1. The highest BCUT2D eigenvalue weighted by atomic mass is 32.2. The summed E-state index contributed by atoms with van der Waals surface area (Å²) in [7, 11) is 1.60. The van der Waals surface area contributed by atoms with Crippen molar-refractivity contribution in [1.82, 2.24) is 25.4 Å². The molecule has 1 aliphatic rings. The first-order chi connectivity index (χ1) is 13.1. The minimum absolute atomic E-state index is 0.0994. The van der Waals surface area contributed by atoms with Crippen molar-refractivity contribution in [3.8, 4) is 5.75 Å². The summed E-state index contributed by atoms with van der Waals surface area (Å²) in [6.07, 6.45) is 1.44. The summed E-state index contributed by atoms with van der Waals surface area (Å²) < 4.78 is 5.15. The number of ether oxygens (including phenoxy) is 1. The number of rotatable bonds is 6. The van der Waals surface area contributed by atoms with Crippen LogP contribution in [-0.4, -0.2) is 70.6 Å². The van der Waals surface area contributed by atoms with Gasteiger partial charge in [0, 0.05) is 31.1 Å². The second kappa shape index (κ2) is 8.76. The van der Waals surface area contributed by atoms with Crippen molar-refractivity contribution in [2.75, 3.05) is 37.4 Å². The van der Waals surface area contributed by atoms with Crippen molar-refractivity contribution in [3.05, 3.63) is 30.6 Å². The molecule has 1 fully saturated rings. The van der Waals surface area contributed by atoms with E-state index in [0.29, 0.717) is 30.5 Å². The number of carbonyl (C=O) groups is 2. The van der Waals surface area contributed by atoms with E-state index in [1.165, 1.54) is 18.1 Å². The summed E-state index contributed by atoms with van der Waals surface area (Å²) in [5.41, 5.74) is 0.802. The van der Waals surface area contributed by atoms with Crippen LogP contribution in [0.5, 0.6) is 5.75 Å². The Hall–Kier alpha value is -2.75. The molecular weight excluding hydrogens is 368 g/mol. The van der Waals surface area contributed by atoms with Crippen molar-refractivity contribution in [2.45, 2.75) is 18.1 Å². The highest BCUT2D eigenvalue weighted by Crippen LogP contribution is 2.23. The van der Waals surface area contributed by atoms with E-state index in [1.807, 2.05) is 24.3 Å². The third kappa shape index (κ3) is 4.51. The van der Waals surface area contributed by atoms with Crippen LogP contribution in [0.15, 0.2) is 35.7 Å². The molecule has 27 heavy (non-hydrogen) atoms. The molecule has 1 aromatic carbocycles. The Morgan fingerprint density at radius 2 is 2.15 bits per heavy atom. The fourth-order valence-electron chi connectivity index (χ4n) is 2.84. The van der Waals surface area contributed by atoms with Crippen LogP contribution < -0.4 is 15.0 Å². The van der Waals surface area contributed by atoms with Gasteiger partial charge < -0.3 is 19.9 Å². The molecule has 1 aromatic heterocycles. The number of anilines is 1. The van der Waals surface area contributed by atoms with E-state index in [4.69, 9.17) is 4.74 Å². The van der Waals surface area contributed by atoms with Crippen molar-refractivity contribution in [2.24, 2.45) is 0 Å². The fraction of sp³-hybridized carbons (Fsp3) is 0.412. The smallest absolute Gasteiger partial charge is 0.318 e. The number of hydrogen-bond acceptors (Lipinski definition) is 6. The largest absolute Gasteiger partial charge is 0.497 e. The van der Waals surface area contributed by atoms with E-state index in [2.05, 4.69) is 20.5 Å². The number of aromatic amines is 1. The Balaban J connectivity index is 1.51. The average Bonchev–Trinajstić information content (AvgIpc) is 3.21.